The second-order valence-electron chi connectivity index (χ2n) is 9.19. The fourth-order valence-electron chi connectivity index (χ4n) is 4.68. The van der Waals surface area contributed by atoms with E-state index in [0.717, 1.165) is 69.3 Å². The predicted octanol–water partition coefficient (Wildman–Crippen LogP) is 4.31. The fourth-order valence-corrected chi connectivity index (χ4v) is 4.84. The van der Waals surface area contributed by atoms with Crippen LogP contribution in [0.25, 0.3) is 0 Å². The average molecular weight is 501 g/mol. The van der Waals surface area contributed by atoms with Crippen molar-refractivity contribution in [3.05, 3.63) is 76.2 Å². The number of halogens is 2. The summed E-state index contributed by atoms with van der Waals surface area (Å²) in [7, 11) is 0. The van der Waals surface area contributed by atoms with E-state index in [2.05, 4.69) is 14.5 Å². The van der Waals surface area contributed by atoms with Gasteiger partial charge in [-0.2, -0.15) is 0 Å². The van der Waals surface area contributed by atoms with Gasteiger partial charge in [-0.25, -0.2) is 14.4 Å². The number of piperidine rings is 1. The van der Waals surface area contributed by atoms with Crippen LogP contribution < -0.4 is 4.74 Å². The molecule has 0 unspecified atom stereocenters. The van der Waals surface area contributed by atoms with Crippen molar-refractivity contribution in [1.29, 1.82) is 0 Å². The molecule has 0 saturated carbocycles. The van der Waals surface area contributed by atoms with Gasteiger partial charge in [-0.1, -0.05) is 23.7 Å². The summed E-state index contributed by atoms with van der Waals surface area (Å²) >= 11 is 5.82. The lowest BCUT2D eigenvalue weighted by molar-refractivity contribution is -0.0604. The summed E-state index contributed by atoms with van der Waals surface area (Å²) in [4.78, 5) is 11.7. The zero-order chi connectivity index (χ0) is 24.2. The largest absolute Gasteiger partial charge is 0.473 e. The second kappa shape index (κ2) is 11.0. The summed E-state index contributed by atoms with van der Waals surface area (Å²) in [6, 6.07) is 10.4. The fraction of sp³-hybridized carbons (Fsp3) is 0.462. The molecule has 0 spiro atoms. The zero-order valence-electron chi connectivity index (χ0n) is 19.6. The van der Waals surface area contributed by atoms with Gasteiger partial charge < -0.3 is 19.1 Å². The molecule has 7 nitrogen and oxygen atoms in total. The number of aliphatic hydroxyl groups excluding tert-OH is 1. The molecule has 4 heterocycles. The van der Waals surface area contributed by atoms with E-state index in [-0.39, 0.29) is 25.1 Å². The van der Waals surface area contributed by atoms with Gasteiger partial charge in [-0.15, -0.1) is 0 Å². The Morgan fingerprint density at radius 2 is 2.00 bits per heavy atom. The maximum absolute atomic E-state index is 14.0. The van der Waals surface area contributed by atoms with Crippen LogP contribution in [0.3, 0.4) is 0 Å². The lowest BCUT2D eigenvalue weighted by Crippen LogP contribution is -2.35. The summed E-state index contributed by atoms with van der Waals surface area (Å²) in [5.41, 5.74) is 2.29. The molecule has 9 heteroatoms. The first-order chi connectivity index (χ1) is 17.1. The molecule has 2 aromatic heterocycles. The van der Waals surface area contributed by atoms with E-state index in [4.69, 9.17) is 26.1 Å². The molecule has 5 rings (SSSR count). The SMILES string of the molecule is OCc1cnc(CN2CCC(c3cccc(OCc4ccc(Cl)cc4F)n3)CC2)n1C[C@@H]1CCO1. The zero-order valence-corrected chi connectivity index (χ0v) is 20.3. The number of likely N-dealkylation sites (tertiary alicyclic amines) is 1. The predicted molar refractivity (Wildman–Crippen MR) is 130 cm³/mol. The van der Waals surface area contributed by atoms with E-state index in [9.17, 15) is 9.50 Å². The number of hydrogen-bond donors (Lipinski definition) is 1. The van der Waals surface area contributed by atoms with Crippen molar-refractivity contribution in [2.24, 2.45) is 0 Å². The van der Waals surface area contributed by atoms with Gasteiger partial charge in [0.05, 0.1) is 37.7 Å². The molecule has 35 heavy (non-hydrogen) atoms. The first kappa shape index (κ1) is 24.2. The molecule has 3 aromatic rings. The first-order valence-corrected chi connectivity index (χ1v) is 12.5. The monoisotopic (exact) mass is 500 g/mol. The summed E-state index contributed by atoms with van der Waals surface area (Å²) in [5.74, 6) is 1.44. The van der Waals surface area contributed by atoms with Crippen molar-refractivity contribution < 1.29 is 19.0 Å². The van der Waals surface area contributed by atoms with Crippen LogP contribution in [-0.4, -0.2) is 50.3 Å². The molecular formula is C26H30ClFN4O3. The summed E-state index contributed by atoms with van der Waals surface area (Å²) in [5, 5.41) is 10.1. The van der Waals surface area contributed by atoms with Crippen molar-refractivity contribution in [3.8, 4) is 5.88 Å². The van der Waals surface area contributed by atoms with Gasteiger partial charge in [0.15, 0.2) is 0 Å². The summed E-state index contributed by atoms with van der Waals surface area (Å²) in [6.45, 7) is 4.28. The maximum atomic E-state index is 14.0. The molecule has 0 radical (unpaired) electrons. The van der Waals surface area contributed by atoms with E-state index in [1.807, 2.05) is 12.1 Å². The number of pyridine rings is 1. The smallest absolute Gasteiger partial charge is 0.213 e. The number of aromatic nitrogens is 3. The van der Waals surface area contributed by atoms with Gasteiger partial charge in [0.2, 0.25) is 5.88 Å². The van der Waals surface area contributed by atoms with Crippen LogP contribution in [-0.2, 0) is 31.0 Å². The van der Waals surface area contributed by atoms with E-state index in [1.165, 1.54) is 6.07 Å². The standard InChI is InChI=1S/C26H30ClFN4O3/c27-20-5-4-19(23(28)12-20)17-35-26-3-1-2-24(30-26)18-6-9-31(10-7-18)15-25-29-13-21(16-33)32(25)14-22-8-11-34-22/h1-5,12-13,18,22,33H,6-11,14-17H2/t22-/m0/s1. The van der Waals surface area contributed by atoms with Gasteiger partial charge in [0, 0.05) is 34.9 Å². The molecule has 2 fully saturated rings. The second-order valence-corrected chi connectivity index (χ2v) is 9.63. The maximum Gasteiger partial charge on any atom is 0.213 e. The number of nitrogens with zero attached hydrogens (tertiary/aromatic N) is 4. The van der Waals surface area contributed by atoms with Crippen LogP contribution in [0, 0.1) is 5.82 Å². The van der Waals surface area contributed by atoms with E-state index in [1.54, 1.807) is 24.4 Å². The van der Waals surface area contributed by atoms with Crippen LogP contribution in [0.4, 0.5) is 4.39 Å². The molecule has 2 saturated heterocycles. The highest BCUT2D eigenvalue weighted by Crippen LogP contribution is 2.29. The lowest BCUT2D eigenvalue weighted by atomic mass is 9.93. The Balaban J connectivity index is 1.16. The molecular weight excluding hydrogens is 471 g/mol. The molecule has 0 aliphatic carbocycles. The van der Waals surface area contributed by atoms with Crippen LogP contribution in [0.15, 0.2) is 42.6 Å². The topological polar surface area (TPSA) is 72.6 Å². The Morgan fingerprint density at radius 1 is 1.17 bits per heavy atom. The minimum atomic E-state index is -0.381. The molecule has 0 amide bonds. The number of aliphatic hydroxyl groups is 1. The van der Waals surface area contributed by atoms with Gasteiger partial charge in [0.1, 0.15) is 18.2 Å². The van der Waals surface area contributed by atoms with E-state index in [0.29, 0.717) is 22.4 Å². The minimum Gasteiger partial charge on any atom is -0.473 e. The molecule has 1 N–H and O–H groups in total. The molecule has 1 atom stereocenters. The van der Waals surface area contributed by atoms with Gasteiger partial charge in [0.25, 0.3) is 0 Å². The van der Waals surface area contributed by atoms with Crippen molar-refractivity contribution in [3.63, 3.8) is 0 Å². The normalized spacial score (nSPS) is 19.0. The Morgan fingerprint density at radius 3 is 2.71 bits per heavy atom. The molecule has 186 valence electrons. The highest BCUT2D eigenvalue weighted by molar-refractivity contribution is 6.30. The van der Waals surface area contributed by atoms with Crippen molar-refractivity contribution in [2.75, 3.05) is 19.7 Å². The number of hydrogen-bond acceptors (Lipinski definition) is 6. The van der Waals surface area contributed by atoms with Crippen LogP contribution in [0.1, 0.15) is 48.0 Å². The molecule has 1 aromatic carbocycles. The van der Waals surface area contributed by atoms with Crippen molar-refractivity contribution in [1.82, 2.24) is 19.4 Å². The first-order valence-electron chi connectivity index (χ1n) is 12.1. The van der Waals surface area contributed by atoms with Crippen molar-refractivity contribution >= 4 is 11.6 Å². The Labute approximate surface area is 209 Å². The van der Waals surface area contributed by atoms with Crippen LogP contribution >= 0.6 is 11.6 Å². The molecule has 2 aliphatic heterocycles. The van der Waals surface area contributed by atoms with Crippen LogP contribution in [0.5, 0.6) is 5.88 Å². The highest BCUT2D eigenvalue weighted by Gasteiger charge is 2.25. The Kier molecular flexibility index (Phi) is 7.63. The van der Waals surface area contributed by atoms with Crippen LogP contribution in [0.2, 0.25) is 5.02 Å². The summed E-state index contributed by atoms with van der Waals surface area (Å²) < 4.78 is 27.5. The third-order valence-electron chi connectivity index (χ3n) is 6.87. The summed E-state index contributed by atoms with van der Waals surface area (Å²) in [6.07, 6.45) is 5.02. The van der Waals surface area contributed by atoms with E-state index < -0.39 is 0 Å². The quantitative estimate of drug-likeness (QED) is 0.472. The number of rotatable bonds is 9. The number of imidazole rings is 1. The van der Waals surface area contributed by atoms with Crippen molar-refractivity contribution in [2.45, 2.75) is 57.6 Å². The van der Waals surface area contributed by atoms with E-state index >= 15 is 0 Å². The van der Waals surface area contributed by atoms with Gasteiger partial charge in [-0.3, -0.25) is 4.90 Å². The molecule has 2 aliphatic rings. The minimum absolute atomic E-state index is 0.0173. The van der Waals surface area contributed by atoms with Gasteiger partial charge >= 0.3 is 0 Å². The number of ether oxygens (including phenoxy) is 2. The third kappa shape index (κ3) is 5.83. The Bertz CT molecular complexity index is 1150. The third-order valence-corrected chi connectivity index (χ3v) is 7.10. The highest BCUT2D eigenvalue weighted by atomic mass is 35.5. The Hall–Kier alpha value is -2.52. The number of benzene rings is 1. The lowest BCUT2D eigenvalue weighted by Gasteiger charge is -2.32. The average Bonchev–Trinajstić information content (AvgIpc) is 3.22. The molecule has 0 bridgehead atoms. The van der Waals surface area contributed by atoms with Gasteiger partial charge in [-0.05, 0) is 50.6 Å².